The highest BCUT2D eigenvalue weighted by Crippen LogP contribution is 2.38. The van der Waals surface area contributed by atoms with Gasteiger partial charge in [-0.05, 0) is 86.8 Å². The molecule has 0 amide bonds. The summed E-state index contributed by atoms with van der Waals surface area (Å²) in [5.41, 5.74) is 4.42. The number of hydrogen-bond acceptors (Lipinski definition) is 0. The average molecular weight is 497 g/mol. The molecule has 0 nitrogen and oxygen atoms in total. The van der Waals surface area contributed by atoms with Crippen LogP contribution in [0.4, 0.5) is 0 Å². The van der Waals surface area contributed by atoms with Gasteiger partial charge in [0.1, 0.15) is 0 Å². The normalized spacial score (nSPS) is 11.6. The molecule has 0 aromatic heterocycles. The molecular formula is C36H33P. The van der Waals surface area contributed by atoms with Gasteiger partial charge in [0, 0.05) is 0 Å². The number of fused-ring (bicyclic) bond motifs is 3. The van der Waals surface area contributed by atoms with Gasteiger partial charge in [0.2, 0.25) is 0 Å². The Balaban J connectivity index is 1.17. The zero-order valence-corrected chi connectivity index (χ0v) is 22.2. The van der Waals surface area contributed by atoms with Crippen LogP contribution in [0.3, 0.4) is 0 Å². The minimum absolute atomic E-state index is 0.0613. The summed E-state index contributed by atoms with van der Waals surface area (Å²) < 4.78 is 0. The molecule has 0 aliphatic heterocycles. The highest BCUT2D eigenvalue weighted by molar-refractivity contribution is 7.57. The molecule has 6 aromatic carbocycles. The van der Waals surface area contributed by atoms with Crippen LogP contribution in [0.5, 0.6) is 0 Å². The Morgan fingerprint density at radius 2 is 0.622 bits per heavy atom. The maximum Gasteiger partial charge on any atom is -0.0181 e. The van der Waals surface area contributed by atoms with Crippen LogP contribution in [-0.2, 0) is 19.3 Å². The van der Waals surface area contributed by atoms with Crippen molar-refractivity contribution in [2.24, 2.45) is 0 Å². The SMILES string of the molecule is c1ccc2cc(CCP(CCc3ccc4ccccc4c3)CCc3ccc4ccccc4c3)ccc2c1. The standard InChI is InChI=1S/C36H33P/c1-4-10-34-25-28(13-16-31(34)7-1)19-22-37(23-20-29-14-17-32-8-2-5-11-35(32)26-29)24-21-30-15-18-33-9-3-6-12-36(33)27-30/h1-18,25-27H,19-24H2. The molecule has 182 valence electrons. The molecule has 37 heavy (non-hydrogen) atoms. The first-order valence-electron chi connectivity index (χ1n) is 13.5. The van der Waals surface area contributed by atoms with Gasteiger partial charge in [0.05, 0.1) is 0 Å². The van der Waals surface area contributed by atoms with Crippen molar-refractivity contribution in [1.82, 2.24) is 0 Å². The van der Waals surface area contributed by atoms with Gasteiger partial charge in [-0.3, -0.25) is 0 Å². The fraction of sp³-hybridized carbons (Fsp3) is 0.167. The van der Waals surface area contributed by atoms with Gasteiger partial charge in [-0.15, -0.1) is 7.92 Å². The Hall–Kier alpha value is -3.47. The molecule has 0 spiro atoms. The maximum absolute atomic E-state index is 2.40. The van der Waals surface area contributed by atoms with Gasteiger partial charge in [0.25, 0.3) is 0 Å². The van der Waals surface area contributed by atoms with Crippen LogP contribution >= 0.6 is 7.92 Å². The Kier molecular flexibility index (Phi) is 7.29. The van der Waals surface area contributed by atoms with E-state index >= 15 is 0 Å². The van der Waals surface area contributed by atoms with Crippen LogP contribution in [0.1, 0.15) is 16.7 Å². The van der Waals surface area contributed by atoms with Crippen molar-refractivity contribution in [2.45, 2.75) is 19.3 Å². The first-order chi connectivity index (χ1) is 18.3. The summed E-state index contributed by atoms with van der Waals surface area (Å²) in [6.07, 6.45) is 7.42. The van der Waals surface area contributed by atoms with E-state index in [1.807, 2.05) is 0 Å². The van der Waals surface area contributed by atoms with Crippen molar-refractivity contribution in [3.8, 4) is 0 Å². The highest BCUT2D eigenvalue weighted by Gasteiger charge is 2.11. The molecule has 0 fully saturated rings. The van der Waals surface area contributed by atoms with Crippen molar-refractivity contribution in [1.29, 1.82) is 0 Å². The van der Waals surface area contributed by atoms with Gasteiger partial charge < -0.3 is 0 Å². The monoisotopic (exact) mass is 496 g/mol. The van der Waals surface area contributed by atoms with Crippen LogP contribution in [0, 0.1) is 0 Å². The minimum Gasteiger partial charge on any atom is -0.106 e. The lowest BCUT2D eigenvalue weighted by Crippen LogP contribution is -2.03. The Labute approximate surface area is 221 Å². The Bertz CT molecular complexity index is 1450. The predicted octanol–water partition coefficient (Wildman–Crippen LogP) is 9.66. The summed E-state index contributed by atoms with van der Waals surface area (Å²) in [4.78, 5) is 0. The highest BCUT2D eigenvalue weighted by atomic mass is 31.1. The first-order valence-corrected chi connectivity index (χ1v) is 15.4. The second-order valence-electron chi connectivity index (χ2n) is 10.1. The van der Waals surface area contributed by atoms with E-state index in [4.69, 9.17) is 0 Å². The molecule has 0 N–H and O–H groups in total. The quantitative estimate of drug-likeness (QED) is 0.175. The number of benzene rings is 6. The van der Waals surface area contributed by atoms with Gasteiger partial charge in [-0.2, -0.15) is 0 Å². The van der Waals surface area contributed by atoms with E-state index in [1.54, 1.807) is 0 Å². The average Bonchev–Trinajstić information content (AvgIpc) is 2.96. The van der Waals surface area contributed by atoms with Gasteiger partial charge >= 0.3 is 0 Å². The summed E-state index contributed by atoms with van der Waals surface area (Å²) >= 11 is 0. The molecule has 0 heterocycles. The van der Waals surface area contributed by atoms with E-state index in [9.17, 15) is 0 Å². The molecule has 0 atom stereocenters. The van der Waals surface area contributed by atoms with Crippen LogP contribution in [-0.4, -0.2) is 18.5 Å². The maximum atomic E-state index is 2.40. The van der Waals surface area contributed by atoms with E-state index in [1.165, 1.54) is 86.8 Å². The number of aryl methyl sites for hydroxylation is 3. The molecule has 0 saturated carbocycles. The second-order valence-corrected chi connectivity index (χ2v) is 12.8. The van der Waals surface area contributed by atoms with E-state index in [-0.39, 0.29) is 7.92 Å². The third-order valence-electron chi connectivity index (χ3n) is 7.59. The molecule has 0 aliphatic carbocycles. The Morgan fingerprint density at radius 1 is 0.324 bits per heavy atom. The molecule has 1 heteroatoms. The molecule has 0 radical (unpaired) electrons. The fourth-order valence-corrected chi connectivity index (χ4v) is 7.77. The van der Waals surface area contributed by atoms with E-state index in [2.05, 4.69) is 127 Å². The lowest BCUT2D eigenvalue weighted by molar-refractivity contribution is 1.07. The topological polar surface area (TPSA) is 0 Å². The number of hydrogen-bond donors (Lipinski definition) is 0. The summed E-state index contributed by atoms with van der Waals surface area (Å²) in [6.45, 7) is 0. The minimum atomic E-state index is -0.0613. The van der Waals surface area contributed by atoms with Gasteiger partial charge in [0.15, 0.2) is 0 Å². The molecule has 0 aliphatic rings. The lowest BCUT2D eigenvalue weighted by Gasteiger charge is -2.19. The zero-order valence-electron chi connectivity index (χ0n) is 21.3. The van der Waals surface area contributed by atoms with Crippen molar-refractivity contribution < 1.29 is 0 Å². The van der Waals surface area contributed by atoms with Gasteiger partial charge in [-0.1, -0.05) is 127 Å². The first kappa shape index (κ1) is 23.9. The molecule has 0 saturated heterocycles. The van der Waals surface area contributed by atoms with Crippen LogP contribution in [0.25, 0.3) is 32.3 Å². The summed E-state index contributed by atoms with van der Waals surface area (Å²) in [6, 6.07) is 47.2. The van der Waals surface area contributed by atoms with Crippen molar-refractivity contribution in [3.05, 3.63) is 144 Å². The molecule has 6 aromatic rings. The third kappa shape index (κ3) is 5.93. The third-order valence-corrected chi connectivity index (χ3v) is 10.2. The van der Waals surface area contributed by atoms with Crippen LogP contribution in [0.2, 0.25) is 0 Å². The van der Waals surface area contributed by atoms with Crippen LogP contribution in [0.15, 0.2) is 127 Å². The molecule has 0 bridgehead atoms. The van der Waals surface area contributed by atoms with Crippen molar-refractivity contribution >= 4 is 40.2 Å². The molecule has 0 unspecified atom stereocenters. The summed E-state index contributed by atoms with van der Waals surface area (Å²) in [5, 5.41) is 8.08. The lowest BCUT2D eigenvalue weighted by atomic mass is 10.1. The summed E-state index contributed by atoms with van der Waals surface area (Å²) in [7, 11) is -0.0613. The van der Waals surface area contributed by atoms with Crippen molar-refractivity contribution in [3.63, 3.8) is 0 Å². The van der Waals surface area contributed by atoms with E-state index < -0.39 is 0 Å². The second kappa shape index (κ2) is 11.3. The fourth-order valence-electron chi connectivity index (χ4n) is 5.38. The largest absolute Gasteiger partial charge is 0.106 e. The number of rotatable bonds is 9. The van der Waals surface area contributed by atoms with Crippen molar-refractivity contribution in [2.75, 3.05) is 18.5 Å². The zero-order chi connectivity index (χ0) is 24.9. The predicted molar refractivity (Wildman–Crippen MR) is 164 cm³/mol. The summed E-state index contributed by atoms with van der Waals surface area (Å²) in [5.74, 6) is 0. The smallest absolute Gasteiger partial charge is 0.0181 e. The van der Waals surface area contributed by atoms with Crippen LogP contribution < -0.4 is 0 Å². The molecular weight excluding hydrogens is 463 g/mol. The van der Waals surface area contributed by atoms with E-state index in [0.717, 1.165) is 0 Å². The Morgan fingerprint density at radius 3 is 0.946 bits per heavy atom. The van der Waals surface area contributed by atoms with Gasteiger partial charge in [-0.25, -0.2) is 0 Å². The van der Waals surface area contributed by atoms with E-state index in [0.29, 0.717) is 0 Å². The molecule has 6 rings (SSSR count).